The zero-order chi connectivity index (χ0) is 19.9. The molecule has 1 aromatic carbocycles. The van der Waals surface area contributed by atoms with Crippen LogP contribution in [0.25, 0.3) is 0 Å². The van der Waals surface area contributed by atoms with Gasteiger partial charge in [-0.2, -0.15) is 0 Å². The minimum absolute atomic E-state index is 0.00164. The van der Waals surface area contributed by atoms with Gasteiger partial charge in [0.25, 0.3) is 0 Å². The number of hydrogen-bond donors (Lipinski definition) is 3. The zero-order valence-corrected chi connectivity index (χ0v) is 15.3. The summed E-state index contributed by atoms with van der Waals surface area (Å²) in [5.41, 5.74) is 0.433. The highest BCUT2D eigenvalue weighted by Crippen LogP contribution is 2.48. The predicted octanol–water partition coefficient (Wildman–Crippen LogP) is 1.46. The van der Waals surface area contributed by atoms with Crippen LogP contribution in [0.2, 0.25) is 0 Å². The zero-order valence-electron chi connectivity index (χ0n) is 15.3. The van der Waals surface area contributed by atoms with Crippen molar-refractivity contribution in [1.29, 1.82) is 0 Å². The number of fused-ring (bicyclic) bond motifs is 1. The van der Waals surface area contributed by atoms with E-state index >= 15 is 0 Å². The smallest absolute Gasteiger partial charge is 0.324 e. The number of likely N-dealkylation sites (tertiary alicyclic amines) is 1. The lowest BCUT2D eigenvalue weighted by molar-refractivity contribution is -0.149. The molecule has 9 nitrogen and oxygen atoms in total. The van der Waals surface area contributed by atoms with Gasteiger partial charge < -0.3 is 20.6 Å². The average molecular weight is 386 g/mol. The normalized spacial score (nSPS) is 26.4. The number of anilines is 1. The number of imide groups is 1. The second-order valence-electron chi connectivity index (χ2n) is 7.70. The molecule has 1 aromatic rings. The number of urea groups is 2. The SMILES string of the molecule is O=C(Nc1cccc(CN2C(=O)CNC2=O)c1)N1C[C@@H]2CCC[C@@]2(C(=O)O)C1. The van der Waals surface area contributed by atoms with E-state index in [0.717, 1.165) is 17.7 Å². The molecule has 2 aliphatic heterocycles. The summed E-state index contributed by atoms with van der Waals surface area (Å²) >= 11 is 0. The molecule has 9 heteroatoms. The van der Waals surface area contributed by atoms with E-state index in [1.807, 2.05) is 0 Å². The fraction of sp³-hybridized carbons (Fsp3) is 0.474. The molecule has 28 heavy (non-hydrogen) atoms. The first kappa shape index (κ1) is 18.3. The second kappa shape index (κ2) is 6.81. The van der Waals surface area contributed by atoms with E-state index in [4.69, 9.17) is 0 Å². The maximum absolute atomic E-state index is 12.7. The molecule has 1 aliphatic carbocycles. The van der Waals surface area contributed by atoms with Gasteiger partial charge in [-0.1, -0.05) is 18.6 Å². The molecular formula is C19H22N4O5. The summed E-state index contributed by atoms with van der Waals surface area (Å²) in [5.74, 6) is -1.11. The fourth-order valence-corrected chi connectivity index (χ4v) is 4.54. The molecular weight excluding hydrogens is 364 g/mol. The number of nitrogens with one attached hydrogen (secondary N) is 2. The van der Waals surface area contributed by atoms with Crippen LogP contribution in [0.15, 0.2) is 24.3 Å². The Bertz CT molecular complexity index is 840. The Hall–Kier alpha value is -3.10. The van der Waals surface area contributed by atoms with Crippen LogP contribution in [-0.4, -0.2) is 58.5 Å². The summed E-state index contributed by atoms with van der Waals surface area (Å²) in [6.07, 6.45) is 2.33. The Morgan fingerprint density at radius 3 is 2.82 bits per heavy atom. The lowest BCUT2D eigenvalue weighted by Gasteiger charge is -2.23. The fourth-order valence-electron chi connectivity index (χ4n) is 4.54. The Morgan fingerprint density at radius 2 is 2.14 bits per heavy atom. The molecule has 2 heterocycles. The lowest BCUT2D eigenvalue weighted by Crippen LogP contribution is -2.38. The monoisotopic (exact) mass is 386 g/mol. The van der Waals surface area contributed by atoms with Crippen molar-refractivity contribution in [3.05, 3.63) is 29.8 Å². The lowest BCUT2D eigenvalue weighted by atomic mass is 9.81. The molecule has 0 spiro atoms. The first-order valence-electron chi connectivity index (χ1n) is 9.35. The third-order valence-electron chi connectivity index (χ3n) is 6.04. The predicted molar refractivity (Wildman–Crippen MR) is 98.4 cm³/mol. The van der Waals surface area contributed by atoms with E-state index in [0.29, 0.717) is 24.2 Å². The molecule has 3 fully saturated rings. The minimum Gasteiger partial charge on any atom is -0.481 e. The number of carbonyl (C=O) groups is 4. The summed E-state index contributed by atoms with van der Waals surface area (Å²) in [5, 5.41) is 14.9. The van der Waals surface area contributed by atoms with E-state index in [2.05, 4.69) is 10.6 Å². The van der Waals surface area contributed by atoms with Crippen LogP contribution < -0.4 is 10.6 Å². The minimum atomic E-state index is -0.819. The van der Waals surface area contributed by atoms with E-state index in [9.17, 15) is 24.3 Å². The number of nitrogens with zero attached hydrogens (tertiary/aromatic N) is 2. The first-order valence-corrected chi connectivity index (χ1v) is 9.35. The first-order chi connectivity index (χ1) is 13.4. The van der Waals surface area contributed by atoms with Gasteiger partial charge >= 0.3 is 18.0 Å². The maximum Gasteiger partial charge on any atom is 0.324 e. The van der Waals surface area contributed by atoms with Crippen molar-refractivity contribution in [2.75, 3.05) is 25.0 Å². The van der Waals surface area contributed by atoms with Crippen LogP contribution in [0.4, 0.5) is 15.3 Å². The number of benzene rings is 1. The van der Waals surface area contributed by atoms with Crippen molar-refractivity contribution in [1.82, 2.24) is 15.1 Å². The van der Waals surface area contributed by atoms with Gasteiger partial charge in [0.2, 0.25) is 5.91 Å². The van der Waals surface area contributed by atoms with Gasteiger partial charge in [-0.25, -0.2) is 9.59 Å². The third kappa shape index (κ3) is 3.06. The molecule has 2 saturated heterocycles. The Balaban J connectivity index is 1.42. The number of carboxylic acid groups (broad SMARTS) is 1. The molecule has 2 atom stereocenters. The van der Waals surface area contributed by atoms with E-state index in [-0.39, 0.29) is 37.5 Å². The van der Waals surface area contributed by atoms with Crippen LogP contribution in [0.5, 0.6) is 0 Å². The molecule has 0 aromatic heterocycles. The molecule has 3 N–H and O–H groups in total. The molecule has 0 radical (unpaired) electrons. The highest BCUT2D eigenvalue weighted by molar-refractivity contribution is 6.01. The Morgan fingerprint density at radius 1 is 1.32 bits per heavy atom. The van der Waals surface area contributed by atoms with Crippen molar-refractivity contribution in [3.8, 4) is 0 Å². The number of carbonyl (C=O) groups excluding carboxylic acids is 3. The van der Waals surface area contributed by atoms with Gasteiger partial charge in [0.15, 0.2) is 0 Å². The highest BCUT2D eigenvalue weighted by Gasteiger charge is 2.55. The van der Waals surface area contributed by atoms with E-state index in [1.54, 1.807) is 29.2 Å². The van der Waals surface area contributed by atoms with Gasteiger partial charge in [-0.15, -0.1) is 0 Å². The van der Waals surface area contributed by atoms with E-state index in [1.165, 1.54) is 0 Å². The van der Waals surface area contributed by atoms with Crippen LogP contribution in [0, 0.1) is 11.3 Å². The Labute approximate surface area is 161 Å². The van der Waals surface area contributed by atoms with Gasteiger partial charge in [-0.3, -0.25) is 14.5 Å². The standard InChI is InChI=1S/C19H22N4O5/c24-15-8-20-17(27)23(15)9-12-3-1-5-14(7-12)21-18(28)22-10-13-4-2-6-19(13,11-22)16(25)26/h1,3,5,7,13H,2,4,6,8-11H2,(H,20,27)(H,21,28)(H,25,26)/t13-,19+/m0/s1. The summed E-state index contributed by atoms with van der Waals surface area (Å²) in [4.78, 5) is 50.5. The summed E-state index contributed by atoms with van der Waals surface area (Å²) < 4.78 is 0. The molecule has 0 bridgehead atoms. The molecule has 1 saturated carbocycles. The van der Waals surface area contributed by atoms with Crippen molar-refractivity contribution in [2.45, 2.75) is 25.8 Å². The molecule has 4 rings (SSSR count). The van der Waals surface area contributed by atoms with Crippen molar-refractivity contribution >= 4 is 29.6 Å². The second-order valence-corrected chi connectivity index (χ2v) is 7.70. The van der Waals surface area contributed by atoms with Crippen LogP contribution in [0.3, 0.4) is 0 Å². The highest BCUT2D eigenvalue weighted by atomic mass is 16.4. The quantitative estimate of drug-likeness (QED) is 0.677. The summed E-state index contributed by atoms with van der Waals surface area (Å²) in [6.45, 7) is 0.792. The van der Waals surface area contributed by atoms with Crippen LogP contribution in [-0.2, 0) is 16.1 Å². The number of amides is 5. The average Bonchev–Trinajstić information content (AvgIpc) is 3.31. The topological polar surface area (TPSA) is 119 Å². The maximum atomic E-state index is 12.7. The van der Waals surface area contributed by atoms with E-state index < -0.39 is 17.4 Å². The van der Waals surface area contributed by atoms with Crippen molar-refractivity contribution in [3.63, 3.8) is 0 Å². The van der Waals surface area contributed by atoms with Crippen molar-refractivity contribution in [2.24, 2.45) is 11.3 Å². The summed E-state index contributed by atoms with van der Waals surface area (Å²) in [6, 6.07) is 6.18. The molecule has 148 valence electrons. The largest absolute Gasteiger partial charge is 0.481 e. The van der Waals surface area contributed by atoms with Crippen molar-refractivity contribution < 1.29 is 24.3 Å². The molecule has 5 amide bonds. The summed E-state index contributed by atoms with van der Waals surface area (Å²) in [7, 11) is 0. The van der Waals surface area contributed by atoms with Gasteiger partial charge in [0.05, 0.1) is 18.5 Å². The number of carboxylic acids is 1. The Kier molecular flexibility index (Phi) is 4.44. The number of hydrogen-bond acceptors (Lipinski definition) is 4. The number of rotatable bonds is 4. The third-order valence-corrected chi connectivity index (χ3v) is 6.04. The molecule has 0 unspecified atom stereocenters. The van der Waals surface area contributed by atoms with Crippen LogP contribution in [0.1, 0.15) is 24.8 Å². The van der Waals surface area contributed by atoms with Gasteiger partial charge in [0.1, 0.15) is 0 Å². The van der Waals surface area contributed by atoms with Gasteiger partial charge in [0, 0.05) is 18.8 Å². The number of aliphatic carboxylic acids is 1. The molecule has 3 aliphatic rings. The van der Waals surface area contributed by atoms with Gasteiger partial charge in [-0.05, 0) is 36.5 Å². The van der Waals surface area contributed by atoms with Crippen LogP contribution >= 0.6 is 0 Å².